The van der Waals surface area contributed by atoms with Crippen molar-refractivity contribution in [1.82, 2.24) is 19.6 Å². The first kappa shape index (κ1) is 12.6. The molecule has 2 aromatic rings. The van der Waals surface area contributed by atoms with Gasteiger partial charge in [0.25, 0.3) is 11.8 Å². The number of rotatable bonds is 3. The number of aromatic nitrogens is 4. The van der Waals surface area contributed by atoms with Gasteiger partial charge in [-0.2, -0.15) is 10.2 Å². The van der Waals surface area contributed by atoms with Gasteiger partial charge >= 0.3 is 0 Å². The first-order chi connectivity index (χ1) is 8.90. The van der Waals surface area contributed by atoms with Crippen molar-refractivity contribution in [3.63, 3.8) is 0 Å². The Morgan fingerprint density at radius 3 is 2.53 bits per heavy atom. The van der Waals surface area contributed by atoms with E-state index < -0.39 is 11.8 Å². The highest BCUT2D eigenvalue weighted by Gasteiger charge is 2.18. The topological polar surface area (TPSA) is 134 Å². The SMILES string of the molecule is Cn1nc(N)cc1C(=O)Nc1cnn(C)c1C(N)=O. The van der Waals surface area contributed by atoms with Gasteiger partial charge in [0.15, 0.2) is 0 Å². The van der Waals surface area contributed by atoms with Gasteiger partial charge in [0.2, 0.25) is 0 Å². The largest absolute Gasteiger partial charge is 0.382 e. The predicted octanol–water partition coefficient (Wildman–Crippen LogP) is -0.913. The minimum Gasteiger partial charge on any atom is -0.382 e. The summed E-state index contributed by atoms with van der Waals surface area (Å²) < 4.78 is 2.63. The molecule has 2 aromatic heterocycles. The average Bonchev–Trinajstić information content (AvgIpc) is 2.82. The van der Waals surface area contributed by atoms with Crippen LogP contribution in [0.5, 0.6) is 0 Å². The zero-order chi connectivity index (χ0) is 14.2. The summed E-state index contributed by atoms with van der Waals surface area (Å²) >= 11 is 0. The van der Waals surface area contributed by atoms with E-state index in [1.165, 1.54) is 21.6 Å². The van der Waals surface area contributed by atoms with Gasteiger partial charge in [-0.1, -0.05) is 0 Å². The molecule has 0 bridgehead atoms. The molecule has 0 saturated heterocycles. The molecule has 9 nitrogen and oxygen atoms in total. The Hall–Kier alpha value is -2.84. The lowest BCUT2D eigenvalue weighted by atomic mass is 10.3. The van der Waals surface area contributed by atoms with Gasteiger partial charge in [-0.25, -0.2) is 0 Å². The fraction of sp³-hybridized carbons (Fsp3) is 0.200. The van der Waals surface area contributed by atoms with E-state index in [2.05, 4.69) is 15.5 Å². The summed E-state index contributed by atoms with van der Waals surface area (Å²) in [5.74, 6) is -0.906. The Balaban J connectivity index is 2.29. The van der Waals surface area contributed by atoms with E-state index in [-0.39, 0.29) is 22.9 Å². The predicted molar refractivity (Wildman–Crippen MR) is 67.3 cm³/mol. The molecule has 19 heavy (non-hydrogen) atoms. The van der Waals surface area contributed by atoms with E-state index in [9.17, 15) is 9.59 Å². The first-order valence-corrected chi connectivity index (χ1v) is 5.33. The number of carbonyl (C=O) groups is 2. The van der Waals surface area contributed by atoms with E-state index in [1.807, 2.05) is 0 Å². The second-order valence-electron chi connectivity index (χ2n) is 3.93. The molecule has 0 spiro atoms. The molecule has 0 unspecified atom stereocenters. The quantitative estimate of drug-likeness (QED) is 0.658. The lowest BCUT2D eigenvalue weighted by Crippen LogP contribution is -2.21. The smallest absolute Gasteiger partial charge is 0.274 e. The van der Waals surface area contributed by atoms with Crippen molar-refractivity contribution in [1.29, 1.82) is 0 Å². The van der Waals surface area contributed by atoms with Crippen molar-refractivity contribution in [2.24, 2.45) is 19.8 Å². The summed E-state index contributed by atoms with van der Waals surface area (Å²) in [5, 5.41) is 10.3. The van der Waals surface area contributed by atoms with Crippen LogP contribution in [0.4, 0.5) is 11.5 Å². The molecule has 0 radical (unpaired) electrons. The normalized spacial score (nSPS) is 10.4. The zero-order valence-electron chi connectivity index (χ0n) is 10.4. The number of anilines is 2. The number of nitrogens with one attached hydrogen (secondary N) is 1. The molecule has 2 heterocycles. The fourth-order valence-electron chi connectivity index (χ4n) is 1.71. The maximum Gasteiger partial charge on any atom is 0.274 e. The van der Waals surface area contributed by atoms with Gasteiger partial charge in [-0.3, -0.25) is 19.0 Å². The van der Waals surface area contributed by atoms with E-state index >= 15 is 0 Å². The highest BCUT2D eigenvalue weighted by molar-refractivity contribution is 6.07. The summed E-state index contributed by atoms with van der Waals surface area (Å²) in [6.07, 6.45) is 1.34. The Labute approximate surface area is 108 Å². The maximum atomic E-state index is 12.0. The third-order valence-corrected chi connectivity index (χ3v) is 2.55. The molecule has 0 atom stereocenters. The lowest BCUT2D eigenvalue weighted by molar-refractivity contribution is 0.0992. The van der Waals surface area contributed by atoms with Gasteiger partial charge in [-0.15, -0.1) is 0 Å². The second kappa shape index (κ2) is 4.44. The summed E-state index contributed by atoms with van der Waals surface area (Å²) in [5.41, 5.74) is 11.3. The van der Waals surface area contributed by atoms with E-state index in [0.29, 0.717) is 0 Å². The van der Waals surface area contributed by atoms with Crippen LogP contribution in [-0.2, 0) is 14.1 Å². The van der Waals surface area contributed by atoms with Crippen LogP contribution in [0.2, 0.25) is 0 Å². The van der Waals surface area contributed by atoms with Gasteiger partial charge in [0.1, 0.15) is 17.2 Å². The fourth-order valence-corrected chi connectivity index (χ4v) is 1.71. The Morgan fingerprint density at radius 1 is 1.32 bits per heavy atom. The number of nitrogens with zero attached hydrogens (tertiary/aromatic N) is 4. The number of amides is 2. The summed E-state index contributed by atoms with van der Waals surface area (Å²) in [6, 6.07) is 1.43. The molecule has 0 aromatic carbocycles. The second-order valence-corrected chi connectivity index (χ2v) is 3.93. The van der Waals surface area contributed by atoms with Crippen molar-refractivity contribution in [3.05, 3.63) is 23.7 Å². The van der Waals surface area contributed by atoms with Crippen LogP contribution in [0, 0.1) is 0 Å². The summed E-state index contributed by atoms with van der Waals surface area (Å²) in [4.78, 5) is 23.3. The van der Waals surface area contributed by atoms with E-state index in [1.54, 1.807) is 14.1 Å². The summed E-state index contributed by atoms with van der Waals surface area (Å²) in [7, 11) is 3.14. The van der Waals surface area contributed by atoms with Gasteiger partial charge in [0.05, 0.1) is 11.9 Å². The Bertz CT molecular complexity index is 655. The molecule has 0 fully saturated rings. The molecule has 5 N–H and O–H groups in total. The van der Waals surface area contributed by atoms with Gasteiger partial charge < -0.3 is 16.8 Å². The molecular formula is C10H13N7O2. The summed E-state index contributed by atoms with van der Waals surface area (Å²) in [6.45, 7) is 0. The molecule has 100 valence electrons. The number of primary amides is 1. The number of nitrogen functional groups attached to an aromatic ring is 1. The van der Waals surface area contributed by atoms with Crippen LogP contribution < -0.4 is 16.8 Å². The highest BCUT2D eigenvalue weighted by atomic mass is 16.2. The standard InChI is InChI=1S/C10H13N7O2/c1-16-6(3-7(11)15-16)10(19)14-5-4-13-17(2)8(5)9(12)18/h3-4H,1-2H3,(H2,11,15)(H2,12,18)(H,14,19). The third kappa shape index (κ3) is 2.25. The van der Waals surface area contributed by atoms with Crippen LogP contribution in [0.25, 0.3) is 0 Å². The van der Waals surface area contributed by atoms with Crippen LogP contribution >= 0.6 is 0 Å². The Kier molecular flexibility index (Phi) is 2.95. The molecule has 2 rings (SSSR count). The maximum absolute atomic E-state index is 12.0. The van der Waals surface area contributed by atoms with Crippen molar-refractivity contribution in [2.75, 3.05) is 11.1 Å². The molecule has 2 amide bonds. The Morgan fingerprint density at radius 2 is 2.00 bits per heavy atom. The number of carbonyl (C=O) groups excluding carboxylic acids is 2. The minimum atomic E-state index is -0.681. The van der Waals surface area contributed by atoms with Crippen LogP contribution in [0.3, 0.4) is 0 Å². The number of aryl methyl sites for hydroxylation is 2. The number of hydrogen-bond acceptors (Lipinski definition) is 5. The highest BCUT2D eigenvalue weighted by Crippen LogP contribution is 2.15. The van der Waals surface area contributed by atoms with Gasteiger partial charge in [-0.05, 0) is 0 Å². The molecule has 0 aliphatic heterocycles. The van der Waals surface area contributed by atoms with Crippen LogP contribution in [-0.4, -0.2) is 31.4 Å². The van der Waals surface area contributed by atoms with Crippen molar-refractivity contribution < 1.29 is 9.59 Å². The monoisotopic (exact) mass is 263 g/mol. The molecule has 0 aliphatic rings. The molecule has 9 heteroatoms. The number of hydrogen-bond donors (Lipinski definition) is 3. The lowest BCUT2D eigenvalue weighted by Gasteiger charge is -2.05. The average molecular weight is 263 g/mol. The van der Waals surface area contributed by atoms with Crippen molar-refractivity contribution in [3.8, 4) is 0 Å². The zero-order valence-corrected chi connectivity index (χ0v) is 10.4. The first-order valence-electron chi connectivity index (χ1n) is 5.33. The van der Waals surface area contributed by atoms with Crippen LogP contribution in [0.1, 0.15) is 21.0 Å². The minimum absolute atomic E-state index is 0.114. The van der Waals surface area contributed by atoms with Gasteiger partial charge in [0, 0.05) is 20.2 Å². The molecule has 0 saturated carbocycles. The molecule has 0 aliphatic carbocycles. The van der Waals surface area contributed by atoms with E-state index in [4.69, 9.17) is 11.5 Å². The van der Waals surface area contributed by atoms with E-state index in [0.717, 1.165) is 0 Å². The van der Waals surface area contributed by atoms with Crippen molar-refractivity contribution >= 4 is 23.3 Å². The van der Waals surface area contributed by atoms with Crippen molar-refractivity contribution in [2.45, 2.75) is 0 Å². The number of nitrogens with two attached hydrogens (primary N) is 2. The van der Waals surface area contributed by atoms with Crippen LogP contribution in [0.15, 0.2) is 12.3 Å². The molecular weight excluding hydrogens is 250 g/mol. The third-order valence-electron chi connectivity index (χ3n) is 2.55.